The first kappa shape index (κ1) is 14.3. The van der Waals surface area contributed by atoms with Gasteiger partial charge in [0, 0.05) is 43.2 Å². The maximum Gasteiger partial charge on any atom is 0.219 e. The number of carbonyl (C=O) groups is 1. The first-order chi connectivity index (χ1) is 9.65. The van der Waals surface area contributed by atoms with Gasteiger partial charge in [-0.25, -0.2) is 4.98 Å². The molecule has 2 atom stereocenters. The summed E-state index contributed by atoms with van der Waals surface area (Å²) < 4.78 is 0.613. The van der Waals surface area contributed by atoms with Gasteiger partial charge in [-0.15, -0.1) is 11.3 Å². The Hall–Kier alpha value is -0.650. The van der Waals surface area contributed by atoms with Gasteiger partial charge in [-0.3, -0.25) is 9.69 Å². The SMILES string of the molecule is CC(=O)N1CCC[C@@H]1[C@@H]1CCCN1Cc1cnc(Cl)s1. The molecule has 1 aromatic heterocycles. The summed E-state index contributed by atoms with van der Waals surface area (Å²) in [4.78, 5) is 21.7. The smallest absolute Gasteiger partial charge is 0.219 e. The lowest BCUT2D eigenvalue weighted by atomic mass is 10.0. The first-order valence-electron chi connectivity index (χ1n) is 7.26. The fourth-order valence-electron chi connectivity index (χ4n) is 3.62. The molecule has 0 unspecified atom stereocenters. The average Bonchev–Trinajstić information content (AvgIpc) is 3.09. The summed E-state index contributed by atoms with van der Waals surface area (Å²) in [6, 6.07) is 0.903. The standard InChI is InChI=1S/C14H20ClN3OS/c1-10(19)18-7-3-5-13(18)12-4-2-6-17(12)9-11-8-16-14(15)20-11/h8,12-13H,2-7,9H2,1H3/t12-,13+/m0/s1. The van der Waals surface area contributed by atoms with E-state index >= 15 is 0 Å². The Morgan fingerprint density at radius 1 is 1.40 bits per heavy atom. The van der Waals surface area contributed by atoms with Crippen molar-refractivity contribution >= 4 is 28.8 Å². The molecule has 3 heterocycles. The second-order valence-electron chi connectivity index (χ2n) is 5.68. The van der Waals surface area contributed by atoms with Crippen molar-refractivity contribution < 1.29 is 4.79 Å². The molecule has 20 heavy (non-hydrogen) atoms. The highest BCUT2D eigenvalue weighted by molar-refractivity contribution is 7.15. The number of thiazole rings is 1. The Balaban J connectivity index is 1.70. The number of hydrogen-bond donors (Lipinski definition) is 0. The minimum atomic E-state index is 0.222. The molecule has 110 valence electrons. The second-order valence-corrected chi connectivity index (χ2v) is 7.38. The average molecular weight is 314 g/mol. The second kappa shape index (κ2) is 6.00. The number of carbonyl (C=O) groups excluding carboxylic acids is 1. The van der Waals surface area contributed by atoms with Gasteiger partial charge in [0.2, 0.25) is 5.91 Å². The molecule has 0 bridgehead atoms. The van der Waals surface area contributed by atoms with E-state index in [9.17, 15) is 4.79 Å². The maximum absolute atomic E-state index is 11.8. The van der Waals surface area contributed by atoms with Crippen LogP contribution in [-0.4, -0.2) is 45.9 Å². The number of hydrogen-bond acceptors (Lipinski definition) is 4. The number of amides is 1. The Bertz CT molecular complexity index is 493. The molecule has 1 aromatic rings. The molecule has 2 aliphatic rings. The van der Waals surface area contributed by atoms with Crippen molar-refractivity contribution in [3.8, 4) is 0 Å². The zero-order chi connectivity index (χ0) is 14.1. The summed E-state index contributed by atoms with van der Waals surface area (Å²) in [6.07, 6.45) is 6.57. The van der Waals surface area contributed by atoms with Crippen LogP contribution in [0.15, 0.2) is 6.20 Å². The fraction of sp³-hybridized carbons (Fsp3) is 0.714. The number of halogens is 1. The Labute approximate surface area is 128 Å². The van der Waals surface area contributed by atoms with Gasteiger partial charge in [-0.2, -0.15) is 0 Å². The largest absolute Gasteiger partial charge is 0.338 e. The van der Waals surface area contributed by atoms with Gasteiger partial charge >= 0.3 is 0 Å². The van der Waals surface area contributed by atoms with E-state index in [0.717, 1.165) is 32.5 Å². The van der Waals surface area contributed by atoms with Crippen LogP contribution in [0.4, 0.5) is 0 Å². The summed E-state index contributed by atoms with van der Waals surface area (Å²) in [5, 5.41) is 0. The zero-order valence-corrected chi connectivity index (χ0v) is 13.3. The molecule has 1 amide bonds. The lowest BCUT2D eigenvalue weighted by Gasteiger charge is -2.34. The van der Waals surface area contributed by atoms with Gasteiger partial charge in [-0.05, 0) is 32.2 Å². The van der Waals surface area contributed by atoms with Crippen LogP contribution >= 0.6 is 22.9 Å². The van der Waals surface area contributed by atoms with Gasteiger partial charge in [0.25, 0.3) is 0 Å². The molecule has 0 aliphatic carbocycles. The van der Waals surface area contributed by atoms with Gasteiger partial charge in [0.05, 0.1) is 0 Å². The van der Waals surface area contributed by atoms with Gasteiger partial charge in [-0.1, -0.05) is 11.6 Å². The molecule has 6 heteroatoms. The van der Waals surface area contributed by atoms with Crippen LogP contribution in [0.3, 0.4) is 0 Å². The third kappa shape index (κ3) is 2.85. The molecule has 3 rings (SSSR count). The van der Waals surface area contributed by atoms with E-state index in [4.69, 9.17) is 11.6 Å². The quantitative estimate of drug-likeness (QED) is 0.861. The minimum Gasteiger partial charge on any atom is -0.338 e. The maximum atomic E-state index is 11.8. The van der Waals surface area contributed by atoms with Gasteiger partial charge < -0.3 is 4.90 Å². The molecule has 0 radical (unpaired) electrons. The summed E-state index contributed by atoms with van der Waals surface area (Å²) in [5.74, 6) is 0.222. The summed E-state index contributed by atoms with van der Waals surface area (Å²) in [7, 11) is 0. The van der Waals surface area contributed by atoms with E-state index < -0.39 is 0 Å². The molecule has 0 saturated carbocycles. The van der Waals surface area contributed by atoms with Gasteiger partial charge in [0.15, 0.2) is 4.47 Å². The summed E-state index contributed by atoms with van der Waals surface area (Å²) >= 11 is 7.47. The molecule has 0 N–H and O–H groups in total. The summed E-state index contributed by atoms with van der Waals surface area (Å²) in [6.45, 7) is 4.65. The van der Waals surface area contributed by atoms with E-state index in [1.165, 1.54) is 17.7 Å². The van der Waals surface area contributed by atoms with Crippen molar-refractivity contribution in [3.63, 3.8) is 0 Å². The highest BCUT2D eigenvalue weighted by Gasteiger charge is 2.38. The van der Waals surface area contributed by atoms with Crippen molar-refractivity contribution in [2.45, 2.75) is 51.2 Å². The van der Waals surface area contributed by atoms with Crippen molar-refractivity contribution in [3.05, 3.63) is 15.5 Å². The highest BCUT2D eigenvalue weighted by atomic mass is 35.5. The Kier molecular flexibility index (Phi) is 4.29. The van der Waals surface area contributed by atoms with Crippen LogP contribution < -0.4 is 0 Å². The number of aromatic nitrogens is 1. The Morgan fingerprint density at radius 3 is 2.85 bits per heavy atom. The predicted molar refractivity (Wildman–Crippen MR) is 81.0 cm³/mol. The molecule has 0 aromatic carbocycles. The Morgan fingerprint density at radius 2 is 2.15 bits per heavy atom. The third-order valence-electron chi connectivity index (χ3n) is 4.45. The van der Waals surface area contributed by atoms with Crippen LogP contribution in [0.25, 0.3) is 0 Å². The summed E-state index contributed by atoms with van der Waals surface area (Å²) in [5.41, 5.74) is 0. The normalized spacial score (nSPS) is 27.4. The van der Waals surface area contributed by atoms with Crippen molar-refractivity contribution in [1.29, 1.82) is 0 Å². The minimum absolute atomic E-state index is 0.222. The molecular formula is C14H20ClN3OS. The number of likely N-dealkylation sites (tertiary alicyclic amines) is 2. The highest BCUT2D eigenvalue weighted by Crippen LogP contribution is 2.32. The van der Waals surface area contributed by atoms with E-state index in [2.05, 4.69) is 14.8 Å². The van der Waals surface area contributed by atoms with Crippen molar-refractivity contribution in [2.75, 3.05) is 13.1 Å². The topological polar surface area (TPSA) is 36.4 Å². The molecule has 2 fully saturated rings. The molecule has 2 aliphatic heterocycles. The first-order valence-corrected chi connectivity index (χ1v) is 8.46. The van der Waals surface area contributed by atoms with Crippen LogP contribution in [0, 0.1) is 0 Å². The number of rotatable bonds is 3. The van der Waals surface area contributed by atoms with E-state index in [0.29, 0.717) is 16.6 Å². The fourth-order valence-corrected chi connectivity index (χ4v) is 4.63. The van der Waals surface area contributed by atoms with E-state index in [-0.39, 0.29) is 5.91 Å². The monoisotopic (exact) mass is 313 g/mol. The van der Waals surface area contributed by atoms with E-state index in [1.807, 2.05) is 6.20 Å². The van der Waals surface area contributed by atoms with Crippen LogP contribution in [0.2, 0.25) is 4.47 Å². The lowest BCUT2D eigenvalue weighted by Crippen LogP contribution is -2.47. The zero-order valence-electron chi connectivity index (χ0n) is 11.7. The lowest BCUT2D eigenvalue weighted by molar-refractivity contribution is -0.130. The van der Waals surface area contributed by atoms with Crippen molar-refractivity contribution in [2.24, 2.45) is 0 Å². The van der Waals surface area contributed by atoms with Crippen LogP contribution in [0.1, 0.15) is 37.5 Å². The third-order valence-corrected chi connectivity index (χ3v) is 5.55. The van der Waals surface area contributed by atoms with Crippen LogP contribution in [-0.2, 0) is 11.3 Å². The predicted octanol–water partition coefficient (Wildman–Crippen LogP) is 2.77. The van der Waals surface area contributed by atoms with Gasteiger partial charge in [0.1, 0.15) is 0 Å². The number of nitrogens with zero attached hydrogens (tertiary/aromatic N) is 3. The van der Waals surface area contributed by atoms with E-state index in [1.54, 1.807) is 18.3 Å². The molecule has 2 saturated heterocycles. The molecule has 4 nitrogen and oxygen atoms in total. The molecular weight excluding hydrogens is 294 g/mol. The van der Waals surface area contributed by atoms with Crippen LogP contribution in [0.5, 0.6) is 0 Å². The molecule has 0 spiro atoms. The van der Waals surface area contributed by atoms with Crippen molar-refractivity contribution in [1.82, 2.24) is 14.8 Å².